The Kier molecular flexibility index (Phi) is 6.45. The van der Waals surface area contributed by atoms with Gasteiger partial charge in [0.1, 0.15) is 0 Å². The molecule has 1 aromatic heterocycles. The van der Waals surface area contributed by atoms with Gasteiger partial charge in [-0.25, -0.2) is 4.98 Å². The third-order valence-electron chi connectivity index (χ3n) is 5.08. The fourth-order valence-electron chi connectivity index (χ4n) is 3.36. The van der Waals surface area contributed by atoms with Crippen LogP contribution in [-0.4, -0.2) is 28.0 Å². The molecule has 1 saturated heterocycles. The molecule has 1 fully saturated rings. The highest BCUT2D eigenvalue weighted by Crippen LogP contribution is 2.19. The summed E-state index contributed by atoms with van der Waals surface area (Å²) in [6, 6.07) is 10.0. The Labute approximate surface area is 155 Å². The summed E-state index contributed by atoms with van der Waals surface area (Å²) >= 11 is 0. The van der Waals surface area contributed by atoms with Crippen LogP contribution in [0.4, 0.5) is 11.6 Å². The summed E-state index contributed by atoms with van der Waals surface area (Å²) in [6.45, 7) is 7.87. The number of aromatic nitrogens is 2. The Balaban J connectivity index is 1.60. The van der Waals surface area contributed by atoms with Gasteiger partial charge in [0.25, 0.3) is 5.56 Å². The number of aryl methyl sites for hydroxylation is 1. The quantitative estimate of drug-likeness (QED) is 0.786. The molecular weight excluding hydrogens is 324 g/mol. The molecule has 1 aromatic carbocycles. The molecule has 5 nitrogen and oxygen atoms in total. The van der Waals surface area contributed by atoms with E-state index in [2.05, 4.69) is 58.3 Å². The monoisotopic (exact) mass is 354 g/mol. The molecule has 1 aliphatic rings. The summed E-state index contributed by atoms with van der Waals surface area (Å²) < 4.78 is 0. The number of hydrogen-bond donors (Lipinski definition) is 2. The fraction of sp³-hybridized carbons (Fsp3) is 0.524. The van der Waals surface area contributed by atoms with E-state index in [1.807, 2.05) is 0 Å². The topological polar surface area (TPSA) is 61.0 Å². The Morgan fingerprint density at radius 1 is 1.23 bits per heavy atom. The summed E-state index contributed by atoms with van der Waals surface area (Å²) in [4.78, 5) is 21.6. The summed E-state index contributed by atoms with van der Waals surface area (Å²) in [7, 11) is 0. The van der Waals surface area contributed by atoms with Gasteiger partial charge >= 0.3 is 0 Å². The van der Waals surface area contributed by atoms with Gasteiger partial charge in [-0.3, -0.25) is 14.7 Å². The second-order valence-corrected chi connectivity index (χ2v) is 7.47. The van der Waals surface area contributed by atoms with E-state index in [4.69, 9.17) is 0 Å². The number of piperidine rings is 1. The highest BCUT2D eigenvalue weighted by molar-refractivity contribution is 5.53. The molecule has 3 rings (SSSR count). The van der Waals surface area contributed by atoms with E-state index in [1.165, 1.54) is 31.5 Å². The number of aromatic amines is 1. The fourth-order valence-corrected chi connectivity index (χ4v) is 3.36. The van der Waals surface area contributed by atoms with Crippen molar-refractivity contribution in [3.63, 3.8) is 0 Å². The molecule has 5 heteroatoms. The van der Waals surface area contributed by atoms with E-state index in [1.54, 1.807) is 6.07 Å². The standard InChI is InChI=1S/C21H30N4O/c1-3-4-5-19-14-20(26)24-21(23-19)22-18-8-6-17(7-9-18)15-25-12-10-16(2)11-13-25/h6-9,14,16H,3-5,10-13,15H2,1-2H3,(H2,22,23,24,26). The van der Waals surface area contributed by atoms with Crippen molar-refractivity contribution < 1.29 is 0 Å². The first-order chi connectivity index (χ1) is 12.6. The SMILES string of the molecule is CCCCc1cc(=O)[nH]c(Nc2ccc(CN3CCC(C)CC3)cc2)n1. The number of anilines is 2. The molecular formula is C21H30N4O. The minimum Gasteiger partial charge on any atom is -0.326 e. The van der Waals surface area contributed by atoms with Gasteiger partial charge in [-0.05, 0) is 62.4 Å². The normalized spacial score (nSPS) is 15.9. The van der Waals surface area contributed by atoms with Gasteiger partial charge in [0.15, 0.2) is 0 Å². The van der Waals surface area contributed by atoms with Gasteiger partial charge in [0.2, 0.25) is 5.95 Å². The van der Waals surface area contributed by atoms with Crippen molar-refractivity contribution >= 4 is 11.6 Å². The first kappa shape index (κ1) is 18.6. The molecule has 0 amide bonds. The number of unbranched alkanes of at least 4 members (excludes halogenated alkanes) is 1. The highest BCUT2D eigenvalue weighted by atomic mass is 16.1. The lowest BCUT2D eigenvalue weighted by Gasteiger charge is -2.30. The molecule has 2 N–H and O–H groups in total. The number of benzene rings is 1. The highest BCUT2D eigenvalue weighted by Gasteiger charge is 2.15. The van der Waals surface area contributed by atoms with E-state index in [0.717, 1.165) is 43.1 Å². The molecule has 0 unspecified atom stereocenters. The van der Waals surface area contributed by atoms with E-state index in [0.29, 0.717) is 5.95 Å². The lowest BCUT2D eigenvalue weighted by atomic mass is 9.99. The van der Waals surface area contributed by atoms with Crippen LogP contribution in [0, 0.1) is 5.92 Å². The number of H-pyrrole nitrogens is 1. The Morgan fingerprint density at radius 3 is 2.65 bits per heavy atom. The Hall–Kier alpha value is -2.14. The van der Waals surface area contributed by atoms with Crippen molar-refractivity contribution in [2.24, 2.45) is 5.92 Å². The second-order valence-electron chi connectivity index (χ2n) is 7.47. The minimum atomic E-state index is -0.107. The van der Waals surface area contributed by atoms with Crippen molar-refractivity contribution in [3.8, 4) is 0 Å². The van der Waals surface area contributed by atoms with Gasteiger partial charge in [-0.1, -0.05) is 32.4 Å². The molecule has 0 atom stereocenters. The van der Waals surface area contributed by atoms with E-state index in [-0.39, 0.29) is 5.56 Å². The summed E-state index contributed by atoms with van der Waals surface area (Å²) in [5.74, 6) is 1.38. The molecule has 0 saturated carbocycles. The van der Waals surface area contributed by atoms with Crippen molar-refractivity contribution in [2.45, 2.75) is 52.5 Å². The number of nitrogens with zero attached hydrogens (tertiary/aromatic N) is 2. The molecule has 140 valence electrons. The maximum absolute atomic E-state index is 11.8. The molecule has 0 spiro atoms. The third-order valence-corrected chi connectivity index (χ3v) is 5.08. The van der Waals surface area contributed by atoms with Crippen LogP contribution in [0.3, 0.4) is 0 Å². The Bertz CT molecular complexity index is 745. The van der Waals surface area contributed by atoms with Crippen molar-refractivity contribution in [1.29, 1.82) is 0 Å². The maximum atomic E-state index is 11.8. The van der Waals surface area contributed by atoms with Gasteiger partial charge in [-0.2, -0.15) is 0 Å². The summed E-state index contributed by atoms with van der Waals surface area (Å²) in [5, 5.41) is 3.22. The molecule has 1 aliphatic heterocycles. The predicted molar refractivity (Wildman–Crippen MR) is 107 cm³/mol. The average molecular weight is 354 g/mol. The lowest BCUT2D eigenvalue weighted by Crippen LogP contribution is -2.32. The summed E-state index contributed by atoms with van der Waals surface area (Å²) in [5.41, 5.74) is 3.00. The van der Waals surface area contributed by atoms with Crippen LogP contribution in [-0.2, 0) is 13.0 Å². The van der Waals surface area contributed by atoms with Crippen molar-refractivity contribution in [1.82, 2.24) is 14.9 Å². The minimum absolute atomic E-state index is 0.107. The van der Waals surface area contributed by atoms with Crippen LogP contribution >= 0.6 is 0 Å². The third kappa shape index (κ3) is 5.43. The van der Waals surface area contributed by atoms with Crippen LogP contribution in [0.5, 0.6) is 0 Å². The van der Waals surface area contributed by atoms with Gasteiger partial charge in [0, 0.05) is 24.0 Å². The second kappa shape index (κ2) is 8.99. The molecule has 0 bridgehead atoms. The van der Waals surface area contributed by atoms with E-state index >= 15 is 0 Å². The Morgan fingerprint density at radius 2 is 1.96 bits per heavy atom. The largest absolute Gasteiger partial charge is 0.326 e. The van der Waals surface area contributed by atoms with Crippen LogP contribution in [0.15, 0.2) is 35.1 Å². The van der Waals surface area contributed by atoms with Crippen LogP contribution in [0.2, 0.25) is 0 Å². The van der Waals surface area contributed by atoms with Gasteiger partial charge < -0.3 is 5.32 Å². The number of rotatable bonds is 7. The van der Waals surface area contributed by atoms with Crippen molar-refractivity contribution in [3.05, 3.63) is 51.9 Å². The van der Waals surface area contributed by atoms with Crippen molar-refractivity contribution in [2.75, 3.05) is 18.4 Å². The van der Waals surface area contributed by atoms with Gasteiger partial charge in [0.05, 0.1) is 0 Å². The zero-order valence-corrected chi connectivity index (χ0v) is 15.9. The zero-order chi connectivity index (χ0) is 18.4. The molecule has 0 radical (unpaired) electrons. The van der Waals surface area contributed by atoms with Crippen LogP contribution < -0.4 is 10.9 Å². The van der Waals surface area contributed by atoms with Gasteiger partial charge in [-0.15, -0.1) is 0 Å². The van der Waals surface area contributed by atoms with E-state index < -0.39 is 0 Å². The molecule has 0 aliphatic carbocycles. The molecule has 2 aromatic rings. The first-order valence-corrected chi connectivity index (χ1v) is 9.81. The smallest absolute Gasteiger partial charge is 0.252 e. The predicted octanol–water partition coefficient (Wildman–Crippen LogP) is 4.09. The van der Waals surface area contributed by atoms with Crippen LogP contribution in [0.1, 0.15) is 50.8 Å². The molecule has 2 heterocycles. The first-order valence-electron chi connectivity index (χ1n) is 9.81. The number of nitrogens with one attached hydrogen (secondary N) is 2. The van der Waals surface area contributed by atoms with E-state index in [9.17, 15) is 4.79 Å². The maximum Gasteiger partial charge on any atom is 0.252 e. The zero-order valence-electron chi connectivity index (χ0n) is 15.9. The molecule has 26 heavy (non-hydrogen) atoms. The van der Waals surface area contributed by atoms with Crippen LogP contribution in [0.25, 0.3) is 0 Å². The number of hydrogen-bond acceptors (Lipinski definition) is 4. The number of likely N-dealkylation sites (tertiary alicyclic amines) is 1. The lowest BCUT2D eigenvalue weighted by molar-refractivity contribution is 0.185. The summed E-state index contributed by atoms with van der Waals surface area (Å²) in [6.07, 6.45) is 5.57. The average Bonchev–Trinajstić information content (AvgIpc) is 2.63.